The van der Waals surface area contributed by atoms with Crippen molar-refractivity contribution in [3.8, 4) is 0 Å². The van der Waals surface area contributed by atoms with Gasteiger partial charge in [-0.15, -0.1) is 23.2 Å². The van der Waals surface area contributed by atoms with Crippen molar-refractivity contribution < 1.29 is 9.59 Å². The number of carbonyl (C=O) groups excluding carboxylic acids is 2. The Kier molecular flexibility index (Phi) is 3.26. The lowest BCUT2D eigenvalue weighted by atomic mass is 10.2. The molecule has 1 aromatic rings. The zero-order valence-electron chi connectivity index (χ0n) is 8.74. The summed E-state index contributed by atoms with van der Waals surface area (Å²) in [4.78, 5) is 23.0. The molecule has 0 saturated heterocycles. The van der Waals surface area contributed by atoms with E-state index in [4.69, 9.17) is 23.2 Å². The molecule has 17 heavy (non-hydrogen) atoms. The number of carbonyl (C=O) groups is 2. The first-order valence-electron chi connectivity index (χ1n) is 5.04. The molecular weight excluding hydrogens is 263 g/mol. The average Bonchev–Trinajstić information content (AvgIpc) is 2.96. The fourth-order valence-corrected chi connectivity index (χ4v) is 1.87. The molecule has 1 aliphatic carbocycles. The number of nitrogens with one attached hydrogen (secondary N) is 2. The molecule has 90 valence electrons. The van der Waals surface area contributed by atoms with Gasteiger partial charge in [-0.25, -0.2) is 0 Å². The quantitative estimate of drug-likeness (QED) is 0.635. The molecule has 4 nitrogen and oxygen atoms in total. The Labute approximate surface area is 108 Å². The second-order valence-corrected chi connectivity index (χ2v) is 5.37. The molecular formula is C11H10Cl2N2O2. The lowest BCUT2D eigenvalue weighted by Crippen LogP contribution is -2.43. The molecule has 1 aromatic carbocycles. The van der Waals surface area contributed by atoms with Crippen LogP contribution >= 0.6 is 23.2 Å². The van der Waals surface area contributed by atoms with Crippen LogP contribution in [-0.2, 0) is 4.79 Å². The molecule has 6 heteroatoms. The van der Waals surface area contributed by atoms with Crippen LogP contribution in [0.15, 0.2) is 30.3 Å². The van der Waals surface area contributed by atoms with Gasteiger partial charge < -0.3 is 0 Å². The highest BCUT2D eigenvalue weighted by Crippen LogP contribution is 2.53. The highest BCUT2D eigenvalue weighted by molar-refractivity contribution is 6.52. The SMILES string of the molecule is O=C(NNC(=O)C1CC1(Cl)Cl)c1ccccc1. The standard InChI is InChI=1S/C11H10Cl2N2O2/c12-11(13)6-8(11)10(17)15-14-9(16)7-4-2-1-3-5-7/h1-5,8H,6H2,(H,14,16)(H,15,17). The van der Waals surface area contributed by atoms with E-state index in [0.29, 0.717) is 12.0 Å². The van der Waals surface area contributed by atoms with Crippen molar-refractivity contribution in [3.63, 3.8) is 0 Å². The summed E-state index contributed by atoms with van der Waals surface area (Å²) < 4.78 is -0.985. The number of hydrogen-bond donors (Lipinski definition) is 2. The Hall–Kier alpha value is -1.26. The van der Waals surface area contributed by atoms with Crippen LogP contribution in [0.25, 0.3) is 0 Å². The Morgan fingerprint density at radius 3 is 2.29 bits per heavy atom. The zero-order valence-corrected chi connectivity index (χ0v) is 10.3. The van der Waals surface area contributed by atoms with E-state index in [-0.39, 0.29) is 11.8 Å². The normalized spacial score (nSPS) is 20.5. The van der Waals surface area contributed by atoms with Crippen LogP contribution in [0.1, 0.15) is 16.8 Å². The predicted molar refractivity (Wildman–Crippen MR) is 64.6 cm³/mol. The number of benzene rings is 1. The zero-order chi connectivity index (χ0) is 12.5. The van der Waals surface area contributed by atoms with Crippen molar-refractivity contribution in [2.75, 3.05) is 0 Å². The maximum atomic E-state index is 11.6. The molecule has 1 unspecified atom stereocenters. The topological polar surface area (TPSA) is 58.2 Å². The minimum absolute atomic E-state index is 0.376. The minimum atomic E-state index is -0.985. The van der Waals surface area contributed by atoms with E-state index < -0.39 is 10.3 Å². The van der Waals surface area contributed by atoms with Crippen LogP contribution in [0.4, 0.5) is 0 Å². The molecule has 0 heterocycles. The van der Waals surface area contributed by atoms with Gasteiger partial charge in [-0.1, -0.05) is 18.2 Å². The molecule has 1 fully saturated rings. The van der Waals surface area contributed by atoms with E-state index >= 15 is 0 Å². The van der Waals surface area contributed by atoms with Crippen LogP contribution in [0.5, 0.6) is 0 Å². The molecule has 0 spiro atoms. The van der Waals surface area contributed by atoms with Gasteiger partial charge in [-0.3, -0.25) is 20.4 Å². The highest BCUT2D eigenvalue weighted by atomic mass is 35.5. The summed E-state index contributed by atoms with van der Waals surface area (Å²) in [6, 6.07) is 8.56. The van der Waals surface area contributed by atoms with Crippen molar-refractivity contribution in [1.29, 1.82) is 0 Å². The van der Waals surface area contributed by atoms with Gasteiger partial charge >= 0.3 is 0 Å². The monoisotopic (exact) mass is 272 g/mol. The van der Waals surface area contributed by atoms with Gasteiger partial charge in [0.2, 0.25) is 5.91 Å². The fraction of sp³-hybridized carbons (Fsp3) is 0.273. The lowest BCUT2D eigenvalue weighted by Gasteiger charge is -2.07. The second kappa shape index (κ2) is 4.55. The van der Waals surface area contributed by atoms with E-state index in [2.05, 4.69) is 10.9 Å². The van der Waals surface area contributed by atoms with E-state index in [1.54, 1.807) is 30.3 Å². The Morgan fingerprint density at radius 2 is 1.76 bits per heavy atom. The molecule has 1 saturated carbocycles. The highest BCUT2D eigenvalue weighted by Gasteiger charge is 2.56. The van der Waals surface area contributed by atoms with Crippen LogP contribution in [0.3, 0.4) is 0 Å². The summed E-state index contributed by atoms with van der Waals surface area (Å²) in [6.07, 6.45) is 0.406. The smallest absolute Gasteiger partial charge is 0.269 e. The minimum Gasteiger partial charge on any atom is -0.273 e. The summed E-state index contributed by atoms with van der Waals surface area (Å²) in [5.74, 6) is -1.21. The number of amides is 2. The maximum absolute atomic E-state index is 11.6. The van der Waals surface area contributed by atoms with E-state index in [1.165, 1.54) is 0 Å². The van der Waals surface area contributed by atoms with Crippen molar-refractivity contribution in [1.82, 2.24) is 10.9 Å². The summed E-state index contributed by atoms with van der Waals surface area (Å²) >= 11 is 11.5. The molecule has 0 aliphatic heterocycles. The first kappa shape index (κ1) is 12.2. The van der Waals surface area contributed by atoms with Crippen LogP contribution < -0.4 is 10.9 Å². The largest absolute Gasteiger partial charge is 0.273 e. The van der Waals surface area contributed by atoms with Gasteiger partial charge in [0, 0.05) is 5.56 Å². The van der Waals surface area contributed by atoms with Crippen LogP contribution in [0.2, 0.25) is 0 Å². The third kappa shape index (κ3) is 2.90. The van der Waals surface area contributed by atoms with Crippen molar-refractivity contribution in [2.24, 2.45) is 5.92 Å². The average molecular weight is 273 g/mol. The molecule has 1 atom stereocenters. The number of rotatable bonds is 2. The molecule has 0 aromatic heterocycles. The van der Waals surface area contributed by atoms with E-state index in [1.807, 2.05) is 0 Å². The third-order valence-corrected chi connectivity index (χ3v) is 3.31. The molecule has 0 radical (unpaired) electrons. The maximum Gasteiger partial charge on any atom is 0.269 e. The second-order valence-electron chi connectivity index (χ2n) is 3.83. The van der Waals surface area contributed by atoms with Gasteiger partial charge in [0.05, 0.1) is 5.92 Å². The molecule has 2 N–H and O–H groups in total. The van der Waals surface area contributed by atoms with Crippen molar-refractivity contribution in [2.45, 2.75) is 10.8 Å². The van der Waals surface area contributed by atoms with Crippen LogP contribution in [-0.4, -0.2) is 16.1 Å². The van der Waals surface area contributed by atoms with Gasteiger partial charge in [0.25, 0.3) is 5.91 Å². The lowest BCUT2D eigenvalue weighted by molar-refractivity contribution is -0.123. The summed E-state index contributed by atoms with van der Waals surface area (Å²) in [5.41, 5.74) is 5.06. The van der Waals surface area contributed by atoms with Gasteiger partial charge in [0.1, 0.15) is 4.33 Å². The Morgan fingerprint density at radius 1 is 1.18 bits per heavy atom. The molecule has 2 rings (SSSR count). The summed E-state index contributed by atoms with van der Waals surface area (Å²) in [5, 5.41) is 0. The van der Waals surface area contributed by atoms with Crippen molar-refractivity contribution >= 4 is 35.0 Å². The predicted octanol–water partition coefficient (Wildman–Crippen LogP) is 1.64. The van der Waals surface area contributed by atoms with Gasteiger partial charge in [-0.2, -0.15) is 0 Å². The summed E-state index contributed by atoms with van der Waals surface area (Å²) in [7, 11) is 0. The number of hydrazine groups is 1. The van der Waals surface area contributed by atoms with E-state index in [0.717, 1.165) is 0 Å². The van der Waals surface area contributed by atoms with Gasteiger partial charge in [0.15, 0.2) is 0 Å². The van der Waals surface area contributed by atoms with Crippen LogP contribution in [0, 0.1) is 5.92 Å². The number of alkyl halides is 2. The molecule has 1 aliphatic rings. The number of halogens is 2. The Balaban J connectivity index is 1.83. The van der Waals surface area contributed by atoms with Gasteiger partial charge in [-0.05, 0) is 18.6 Å². The Bertz CT molecular complexity index is 448. The first-order valence-corrected chi connectivity index (χ1v) is 5.79. The number of hydrogen-bond acceptors (Lipinski definition) is 2. The summed E-state index contributed by atoms with van der Waals surface area (Å²) in [6.45, 7) is 0. The fourth-order valence-electron chi connectivity index (χ4n) is 1.36. The van der Waals surface area contributed by atoms with Crippen molar-refractivity contribution in [3.05, 3.63) is 35.9 Å². The first-order chi connectivity index (χ1) is 8.00. The molecule has 2 amide bonds. The van der Waals surface area contributed by atoms with E-state index in [9.17, 15) is 9.59 Å². The molecule has 0 bridgehead atoms. The third-order valence-electron chi connectivity index (χ3n) is 2.48.